The third-order valence-electron chi connectivity index (χ3n) is 3.29. The number of carbonyl (C=O) groups is 1. The van der Waals surface area contributed by atoms with Crippen molar-refractivity contribution in [2.45, 2.75) is 16.1 Å². The lowest BCUT2D eigenvalue weighted by atomic mass is 10.3. The molecule has 12 heteroatoms. The first-order valence-corrected chi connectivity index (χ1v) is 8.32. The average molecular weight is 417 g/mol. The van der Waals surface area contributed by atoms with Gasteiger partial charge in [0, 0.05) is 23.2 Å². The zero-order chi connectivity index (χ0) is 19.8. The smallest absolute Gasteiger partial charge is 0.300 e. The van der Waals surface area contributed by atoms with Crippen LogP contribution in [0.25, 0.3) is 5.65 Å². The normalized spacial score (nSPS) is 11.6. The van der Waals surface area contributed by atoms with Gasteiger partial charge in [0.05, 0.1) is 9.95 Å². The van der Waals surface area contributed by atoms with Crippen LogP contribution in [0.3, 0.4) is 0 Å². The van der Waals surface area contributed by atoms with E-state index in [4.69, 9.17) is 11.6 Å². The molecule has 0 spiro atoms. The Kier molecular flexibility index (Phi) is 4.98. The van der Waals surface area contributed by atoms with Crippen LogP contribution in [0.5, 0.6) is 0 Å². The Labute approximate surface area is 158 Å². The Morgan fingerprint density at radius 2 is 1.89 bits per heavy atom. The molecule has 0 radical (unpaired) electrons. The summed E-state index contributed by atoms with van der Waals surface area (Å²) in [4.78, 5) is 25.9. The van der Waals surface area contributed by atoms with Gasteiger partial charge < -0.3 is 5.32 Å². The number of hydrogen-bond donors (Lipinski definition) is 1. The molecule has 0 aliphatic heterocycles. The Balaban J connectivity index is 2.03. The molecule has 0 unspecified atom stereocenters. The van der Waals surface area contributed by atoms with Crippen LogP contribution in [-0.2, 0) is 4.79 Å². The van der Waals surface area contributed by atoms with E-state index >= 15 is 0 Å². The molecule has 7 nitrogen and oxygen atoms in total. The van der Waals surface area contributed by atoms with Crippen molar-refractivity contribution >= 4 is 46.4 Å². The van der Waals surface area contributed by atoms with E-state index in [1.165, 1.54) is 47.0 Å². The van der Waals surface area contributed by atoms with Gasteiger partial charge in [-0.15, -0.1) is 0 Å². The molecule has 0 aliphatic rings. The van der Waals surface area contributed by atoms with E-state index in [0.29, 0.717) is 9.92 Å². The van der Waals surface area contributed by atoms with Gasteiger partial charge in [-0.05, 0) is 24.3 Å². The summed E-state index contributed by atoms with van der Waals surface area (Å²) >= 11 is 6.91. The second-order valence-corrected chi connectivity index (χ2v) is 6.64. The second-order valence-electron chi connectivity index (χ2n) is 5.15. The van der Waals surface area contributed by atoms with Crippen molar-refractivity contribution in [1.82, 2.24) is 9.38 Å². The number of pyridine rings is 1. The molecule has 1 amide bonds. The Hall–Kier alpha value is -2.79. The molecule has 2 aromatic heterocycles. The van der Waals surface area contributed by atoms with Gasteiger partial charge >= 0.3 is 12.1 Å². The molecule has 3 rings (SSSR count). The molecule has 0 fully saturated rings. The van der Waals surface area contributed by atoms with Crippen LogP contribution in [0.15, 0.2) is 52.5 Å². The topological polar surface area (TPSA) is 89.5 Å². The van der Waals surface area contributed by atoms with Crippen molar-refractivity contribution in [3.8, 4) is 0 Å². The van der Waals surface area contributed by atoms with E-state index in [0.717, 1.165) is 11.8 Å². The molecular weight excluding hydrogens is 409 g/mol. The minimum Gasteiger partial charge on any atom is -0.300 e. The largest absolute Gasteiger partial charge is 0.471 e. The predicted molar refractivity (Wildman–Crippen MR) is 92.1 cm³/mol. The lowest BCUT2D eigenvalue weighted by molar-refractivity contribution is -0.384. The summed E-state index contributed by atoms with van der Waals surface area (Å²) in [5.41, 5.74) is 0.132. The Morgan fingerprint density at radius 1 is 1.22 bits per heavy atom. The van der Waals surface area contributed by atoms with Crippen molar-refractivity contribution in [3.63, 3.8) is 0 Å². The lowest BCUT2D eigenvalue weighted by Gasteiger charge is -2.08. The van der Waals surface area contributed by atoms with Crippen molar-refractivity contribution in [1.29, 1.82) is 0 Å². The summed E-state index contributed by atoms with van der Waals surface area (Å²) in [6.45, 7) is 0. The highest BCUT2D eigenvalue weighted by molar-refractivity contribution is 7.99. The highest BCUT2D eigenvalue weighted by atomic mass is 35.5. The SMILES string of the molecule is O=C(Nc1nc2ccc(Cl)cn2c1Sc1ccc([N+](=O)[O-])cc1)C(F)(F)F. The number of hydrogen-bond acceptors (Lipinski definition) is 5. The monoisotopic (exact) mass is 416 g/mol. The van der Waals surface area contributed by atoms with E-state index in [-0.39, 0.29) is 22.2 Å². The first kappa shape index (κ1) is 19.0. The number of benzene rings is 1. The fourth-order valence-electron chi connectivity index (χ4n) is 2.10. The van der Waals surface area contributed by atoms with Crippen LogP contribution in [0, 0.1) is 10.1 Å². The fourth-order valence-corrected chi connectivity index (χ4v) is 3.20. The third kappa shape index (κ3) is 4.14. The zero-order valence-corrected chi connectivity index (χ0v) is 14.6. The molecule has 1 N–H and O–H groups in total. The molecule has 27 heavy (non-hydrogen) atoms. The molecule has 0 saturated carbocycles. The highest BCUT2D eigenvalue weighted by Crippen LogP contribution is 2.36. The standard InChI is InChI=1S/C15H8ClF3N4O3S/c16-8-1-6-11-20-12(21-14(24)15(17,18)19)13(22(11)7-8)27-10-4-2-9(3-5-10)23(25)26/h1-7H,(H,21,24). The quantitative estimate of drug-likeness (QED) is 0.498. The van der Waals surface area contributed by atoms with E-state index in [1.54, 1.807) is 5.32 Å². The molecule has 0 aliphatic carbocycles. The van der Waals surface area contributed by atoms with Gasteiger partial charge in [-0.25, -0.2) is 4.98 Å². The van der Waals surface area contributed by atoms with Gasteiger partial charge in [-0.3, -0.25) is 19.3 Å². The molecule has 140 valence electrons. The van der Waals surface area contributed by atoms with Gasteiger partial charge in [0.25, 0.3) is 5.69 Å². The molecule has 2 heterocycles. The molecule has 3 aromatic rings. The molecule has 1 aromatic carbocycles. The van der Waals surface area contributed by atoms with Gasteiger partial charge in [0.15, 0.2) is 5.82 Å². The number of nitro benzene ring substituents is 1. The summed E-state index contributed by atoms with van der Waals surface area (Å²) in [5, 5.41) is 12.9. The first-order chi connectivity index (χ1) is 12.6. The summed E-state index contributed by atoms with van der Waals surface area (Å²) < 4.78 is 39.2. The first-order valence-electron chi connectivity index (χ1n) is 7.13. The number of nitrogens with one attached hydrogen (secondary N) is 1. The van der Waals surface area contributed by atoms with E-state index in [2.05, 4.69) is 4.98 Å². The molecule has 0 atom stereocenters. The van der Waals surface area contributed by atoms with Crippen molar-refractivity contribution < 1.29 is 22.9 Å². The second kappa shape index (κ2) is 7.08. The van der Waals surface area contributed by atoms with Crippen molar-refractivity contribution in [3.05, 3.63) is 57.7 Å². The number of nitrogens with zero attached hydrogens (tertiary/aromatic N) is 3. The number of anilines is 1. The van der Waals surface area contributed by atoms with E-state index in [1.807, 2.05) is 0 Å². The van der Waals surface area contributed by atoms with Crippen LogP contribution in [0.2, 0.25) is 5.02 Å². The number of non-ortho nitro benzene ring substituents is 1. The predicted octanol–water partition coefficient (Wildman–Crippen LogP) is 4.55. The number of aromatic nitrogens is 2. The maximum Gasteiger partial charge on any atom is 0.471 e. The number of rotatable bonds is 4. The maximum atomic E-state index is 12.6. The number of halogens is 4. The van der Waals surface area contributed by atoms with Crippen LogP contribution < -0.4 is 5.32 Å². The van der Waals surface area contributed by atoms with Crippen LogP contribution in [0.1, 0.15) is 0 Å². The van der Waals surface area contributed by atoms with Crippen molar-refractivity contribution in [2.75, 3.05) is 5.32 Å². The summed E-state index contributed by atoms with van der Waals surface area (Å²) in [5.74, 6) is -2.47. The summed E-state index contributed by atoms with van der Waals surface area (Å²) in [6, 6.07) is 8.36. The van der Waals surface area contributed by atoms with Crippen LogP contribution in [-0.4, -0.2) is 26.4 Å². The number of fused-ring (bicyclic) bond motifs is 1. The number of alkyl halides is 3. The number of nitro groups is 1. The summed E-state index contributed by atoms with van der Waals surface area (Å²) in [7, 11) is 0. The maximum absolute atomic E-state index is 12.6. The van der Waals surface area contributed by atoms with Gasteiger partial charge in [0.1, 0.15) is 10.7 Å². The Bertz CT molecular complexity index is 1040. The number of amides is 1. The van der Waals surface area contributed by atoms with Crippen LogP contribution in [0.4, 0.5) is 24.7 Å². The Morgan fingerprint density at radius 3 is 2.48 bits per heavy atom. The molecule has 0 saturated heterocycles. The number of carbonyl (C=O) groups excluding carboxylic acids is 1. The molecular formula is C15H8ClF3N4O3S. The van der Waals surface area contributed by atoms with Crippen molar-refractivity contribution in [2.24, 2.45) is 0 Å². The average Bonchev–Trinajstić information content (AvgIpc) is 2.91. The minimum atomic E-state index is -5.08. The zero-order valence-electron chi connectivity index (χ0n) is 13.0. The van der Waals surface area contributed by atoms with E-state index < -0.39 is 17.0 Å². The molecule has 0 bridgehead atoms. The fraction of sp³-hybridized carbons (Fsp3) is 0.0667. The van der Waals surface area contributed by atoms with E-state index in [9.17, 15) is 28.1 Å². The minimum absolute atomic E-state index is 0.133. The lowest BCUT2D eigenvalue weighted by Crippen LogP contribution is -2.30. The van der Waals surface area contributed by atoms with Gasteiger partial charge in [0.2, 0.25) is 0 Å². The highest BCUT2D eigenvalue weighted by Gasteiger charge is 2.39. The summed E-state index contributed by atoms with van der Waals surface area (Å²) in [6.07, 6.45) is -3.65. The van der Waals surface area contributed by atoms with Gasteiger partial charge in [-0.2, -0.15) is 13.2 Å². The number of imidazole rings is 1. The van der Waals surface area contributed by atoms with Gasteiger partial charge in [-0.1, -0.05) is 23.4 Å². The third-order valence-corrected chi connectivity index (χ3v) is 4.60. The van der Waals surface area contributed by atoms with Crippen LogP contribution >= 0.6 is 23.4 Å².